The van der Waals surface area contributed by atoms with Crippen molar-refractivity contribution in [3.63, 3.8) is 0 Å². The highest BCUT2D eigenvalue weighted by Crippen LogP contribution is 2.25. The van der Waals surface area contributed by atoms with Gasteiger partial charge in [-0.1, -0.05) is 12.1 Å². The van der Waals surface area contributed by atoms with Gasteiger partial charge in [0, 0.05) is 11.6 Å². The van der Waals surface area contributed by atoms with Gasteiger partial charge < -0.3 is 10.1 Å². The summed E-state index contributed by atoms with van der Waals surface area (Å²) in [7, 11) is -2.79. The number of ether oxygens (including phenoxy) is 1. The molecule has 0 aliphatic carbocycles. The van der Waals surface area contributed by atoms with Gasteiger partial charge in [0.05, 0.1) is 23.3 Å². The van der Waals surface area contributed by atoms with Crippen LogP contribution in [0.2, 0.25) is 0 Å². The first kappa shape index (κ1) is 19.7. The van der Waals surface area contributed by atoms with Crippen LogP contribution in [0.5, 0.6) is 5.75 Å². The highest BCUT2D eigenvalue weighted by atomic mass is 32.2. The summed E-state index contributed by atoms with van der Waals surface area (Å²) in [4.78, 5) is 12.3. The molecule has 8 heteroatoms. The van der Waals surface area contributed by atoms with Crippen LogP contribution in [-0.4, -0.2) is 27.0 Å². The molecule has 0 spiro atoms. The second-order valence-electron chi connectivity index (χ2n) is 6.65. The van der Waals surface area contributed by atoms with Crippen molar-refractivity contribution in [2.75, 3.05) is 11.8 Å². The molecular weight excluding hydrogens is 359 g/mol. The third-order valence-electron chi connectivity index (χ3n) is 3.34. The first-order chi connectivity index (χ1) is 12.0. The number of methoxy groups -OCH3 is 1. The van der Waals surface area contributed by atoms with Gasteiger partial charge in [-0.05, 0) is 45.0 Å². The maximum atomic E-state index is 13.5. The molecule has 0 aliphatic rings. The van der Waals surface area contributed by atoms with Crippen molar-refractivity contribution in [2.45, 2.75) is 31.2 Å². The second-order valence-corrected chi connectivity index (χ2v) is 8.33. The van der Waals surface area contributed by atoms with Gasteiger partial charge in [-0.25, -0.2) is 12.8 Å². The molecular formula is C18H21FN2O4S. The molecule has 26 heavy (non-hydrogen) atoms. The Morgan fingerprint density at radius 1 is 1.12 bits per heavy atom. The van der Waals surface area contributed by atoms with E-state index in [4.69, 9.17) is 4.74 Å². The summed E-state index contributed by atoms with van der Waals surface area (Å²) in [5.74, 6) is -1.27. The minimum Gasteiger partial charge on any atom is -0.494 e. The molecule has 0 bridgehead atoms. The van der Waals surface area contributed by atoms with Crippen LogP contribution in [-0.2, 0) is 10.0 Å². The van der Waals surface area contributed by atoms with Crippen LogP contribution in [0.1, 0.15) is 31.1 Å². The Morgan fingerprint density at radius 3 is 2.38 bits per heavy atom. The molecule has 140 valence electrons. The largest absolute Gasteiger partial charge is 0.494 e. The van der Waals surface area contributed by atoms with Crippen LogP contribution in [0, 0.1) is 5.82 Å². The second kappa shape index (κ2) is 7.33. The maximum Gasteiger partial charge on any atom is 0.262 e. The van der Waals surface area contributed by atoms with Crippen molar-refractivity contribution >= 4 is 21.6 Å². The zero-order valence-electron chi connectivity index (χ0n) is 15.0. The predicted octanol–water partition coefficient (Wildman–Crippen LogP) is 3.16. The van der Waals surface area contributed by atoms with Crippen molar-refractivity contribution in [3.8, 4) is 5.75 Å². The molecule has 0 aromatic heterocycles. The molecule has 0 unspecified atom stereocenters. The number of carbonyl (C=O) groups excluding carboxylic acids is 1. The molecule has 2 rings (SSSR count). The molecule has 2 N–H and O–H groups in total. The number of rotatable bonds is 5. The Morgan fingerprint density at radius 2 is 1.77 bits per heavy atom. The van der Waals surface area contributed by atoms with Crippen LogP contribution in [0.25, 0.3) is 0 Å². The summed E-state index contributed by atoms with van der Waals surface area (Å²) in [6.45, 7) is 5.47. The SMILES string of the molecule is COc1cc(S(=O)(=O)Nc2ccccc2C(=O)NC(C)(C)C)ccc1F. The fourth-order valence-corrected chi connectivity index (χ4v) is 3.28. The molecule has 0 heterocycles. The molecule has 0 saturated heterocycles. The minimum atomic E-state index is -4.04. The smallest absolute Gasteiger partial charge is 0.262 e. The lowest BCUT2D eigenvalue weighted by Crippen LogP contribution is -2.40. The molecule has 0 atom stereocenters. The van der Waals surface area contributed by atoms with Crippen LogP contribution < -0.4 is 14.8 Å². The van der Waals surface area contributed by atoms with Gasteiger partial charge in [0.15, 0.2) is 11.6 Å². The molecule has 2 aromatic carbocycles. The van der Waals surface area contributed by atoms with Crippen molar-refractivity contribution in [1.82, 2.24) is 5.32 Å². The standard InChI is InChI=1S/C18H21FN2O4S/c1-18(2,3)20-17(22)13-7-5-6-8-15(13)21-26(23,24)12-9-10-14(19)16(11-12)25-4/h5-11,21H,1-4H3,(H,20,22). The number of benzene rings is 2. The first-order valence-corrected chi connectivity index (χ1v) is 9.30. The van der Waals surface area contributed by atoms with E-state index in [9.17, 15) is 17.6 Å². The number of hydrogen-bond acceptors (Lipinski definition) is 4. The van der Waals surface area contributed by atoms with E-state index >= 15 is 0 Å². The monoisotopic (exact) mass is 380 g/mol. The summed E-state index contributed by atoms with van der Waals surface area (Å²) in [6, 6.07) is 9.45. The van der Waals surface area contributed by atoms with E-state index < -0.39 is 27.3 Å². The summed E-state index contributed by atoms with van der Waals surface area (Å²) in [6.07, 6.45) is 0. The van der Waals surface area contributed by atoms with Crippen molar-refractivity contribution < 1.29 is 22.3 Å². The van der Waals surface area contributed by atoms with Gasteiger partial charge in [0.2, 0.25) is 0 Å². The zero-order valence-corrected chi connectivity index (χ0v) is 15.8. The number of amides is 1. The number of halogens is 1. The Hall–Kier alpha value is -2.61. The van der Waals surface area contributed by atoms with Crippen molar-refractivity contribution in [1.29, 1.82) is 0 Å². The Balaban J connectivity index is 2.37. The average Bonchev–Trinajstić information content (AvgIpc) is 2.53. The van der Waals surface area contributed by atoms with E-state index in [2.05, 4.69) is 10.0 Å². The summed E-state index contributed by atoms with van der Waals surface area (Å²) in [5.41, 5.74) is -0.175. The fourth-order valence-electron chi connectivity index (χ4n) is 2.19. The number of hydrogen-bond donors (Lipinski definition) is 2. The molecule has 2 aromatic rings. The number of sulfonamides is 1. The Bertz CT molecular complexity index is 921. The summed E-state index contributed by atoms with van der Waals surface area (Å²) in [5, 5.41) is 2.78. The van der Waals surface area contributed by atoms with Crippen LogP contribution in [0.3, 0.4) is 0 Å². The fraction of sp³-hybridized carbons (Fsp3) is 0.278. The molecule has 6 nitrogen and oxygen atoms in total. The Labute approximate surface area is 152 Å². The van der Waals surface area contributed by atoms with E-state index in [0.29, 0.717) is 0 Å². The third-order valence-corrected chi connectivity index (χ3v) is 4.70. The zero-order chi connectivity index (χ0) is 19.5. The van der Waals surface area contributed by atoms with Gasteiger partial charge in [0.25, 0.3) is 15.9 Å². The van der Waals surface area contributed by atoms with Crippen LogP contribution in [0.4, 0.5) is 10.1 Å². The Kier molecular flexibility index (Phi) is 5.56. The van der Waals surface area contributed by atoms with Gasteiger partial charge in [-0.3, -0.25) is 9.52 Å². The molecule has 0 aliphatic heterocycles. The number of carbonyl (C=O) groups is 1. The quantitative estimate of drug-likeness (QED) is 0.834. The van der Waals surface area contributed by atoms with Crippen molar-refractivity contribution in [3.05, 3.63) is 53.8 Å². The first-order valence-electron chi connectivity index (χ1n) is 7.81. The number of nitrogens with one attached hydrogen (secondary N) is 2. The summed E-state index contributed by atoms with van der Waals surface area (Å²) >= 11 is 0. The molecule has 0 saturated carbocycles. The average molecular weight is 380 g/mol. The number of para-hydroxylation sites is 1. The van der Waals surface area contributed by atoms with E-state index in [1.54, 1.807) is 12.1 Å². The van der Waals surface area contributed by atoms with Crippen LogP contribution >= 0.6 is 0 Å². The molecule has 0 radical (unpaired) electrons. The van der Waals surface area contributed by atoms with Gasteiger partial charge >= 0.3 is 0 Å². The molecule has 0 fully saturated rings. The lowest BCUT2D eigenvalue weighted by molar-refractivity contribution is 0.0920. The topological polar surface area (TPSA) is 84.5 Å². The lowest BCUT2D eigenvalue weighted by atomic mass is 10.1. The van der Waals surface area contributed by atoms with Crippen molar-refractivity contribution in [2.24, 2.45) is 0 Å². The highest BCUT2D eigenvalue weighted by molar-refractivity contribution is 7.92. The maximum absolute atomic E-state index is 13.5. The van der Waals surface area contributed by atoms with E-state index in [1.165, 1.54) is 19.2 Å². The van der Waals surface area contributed by atoms with E-state index in [1.807, 2.05) is 20.8 Å². The van der Waals surface area contributed by atoms with Gasteiger partial charge in [-0.2, -0.15) is 0 Å². The van der Waals surface area contributed by atoms with Gasteiger partial charge in [-0.15, -0.1) is 0 Å². The highest BCUT2D eigenvalue weighted by Gasteiger charge is 2.22. The minimum absolute atomic E-state index is 0.123. The normalized spacial score (nSPS) is 11.7. The van der Waals surface area contributed by atoms with Gasteiger partial charge in [0.1, 0.15) is 0 Å². The number of anilines is 1. The molecule has 1 amide bonds. The lowest BCUT2D eigenvalue weighted by Gasteiger charge is -2.21. The summed E-state index contributed by atoms with van der Waals surface area (Å²) < 4.78 is 46.0. The van der Waals surface area contributed by atoms with E-state index in [0.717, 1.165) is 18.2 Å². The predicted molar refractivity (Wildman–Crippen MR) is 97.4 cm³/mol. The third kappa shape index (κ3) is 4.72. The van der Waals surface area contributed by atoms with Crippen LogP contribution in [0.15, 0.2) is 47.4 Å². The van der Waals surface area contributed by atoms with E-state index in [-0.39, 0.29) is 21.9 Å².